The molecule has 0 radical (unpaired) electrons. The summed E-state index contributed by atoms with van der Waals surface area (Å²) in [4.78, 5) is 26.3. The van der Waals surface area contributed by atoms with Crippen LogP contribution in [0.1, 0.15) is 53.1 Å². The Morgan fingerprint density at radius 2 is 1.87 bits per heavy atom. The third kappa shape index (κ3) is 4.27. The third-order valence-electron chi connectivity index (χ3n) is 6.72. The van der Waals surface area contributed by atoms with Crippen molar-refractivity contribution in [2.75, 3.05) is 31.0 Å². The number of hydrogen-bond donors (Lipinski definition) is 0. The van der Waals surface area contributed by atoms with E-state index in [2.05, 4.69) is 16.0 Å². The third-order valence-corrected chi connectivity index (χ3v) is 7.01. The lowest BCUT2D eigenvalue weighted by molar-refractivity contribution is 0.0992. The molecule has 39 heavy (non-hydrogen) atoms. The van der Waals surface area contributed by atoms with Gasteiger partial charge in [0.1, 0.15) is 6.04 Å². The van der Waals surface area contributed by atoms with Gasteiger partial charge in [-0.15, -0.1) is 0 Å². The van der Waals surface area contributed by atoms with Crippen molar-refractivity contribution in [3.05, 3.63) is 88.0 Å². The molecule has 10 heteroatoms. The first-order valence-electron chi connectivity index (χ1n) is 12.3. The average Bonchev–Trinajstić information content (AvgIpc) is 3.45. The van der Waals surface area contributed by atoms with Crippen molar-refractivity contribution in [2.45, 2.75) is 25.9 Å². The standard InChI is InChI=1S/C29H26ClFN6O2/c1-16(2)36-23(20-15-33-29(35(3)4)34-27(20)39-5)13-19-26(36)25(18-11-9-17(14-32)10-12-18)37(28(19)38)22-8-6-7-21(30)24(22)31/h6-13,15-16,25H,1-5H3. The molecule has 8 nitrogen and oxygen atoms in total. The molecule has 0 fully saturated rings. The summed E-state index contributed by atoms with van der Waals surface area (Å²) in [6, 6.07) is 14.7. The Morgan fingerprint density at radius 1 is 1.15 bits per heavy atom. The molecule has 0 aliphatic carbocycles. The van der Waals surface area contributed by atoms with Crippen LogP contribution in [-0.2, 0) is 0 Å². The van der Waals surface area contributed by atoms with Gasteiger partial charge in [0.25, 0.3) is 5.91 Å². The van der Waals surface area contributed by atoms with Crippen LogP contribution in [0.2, 0.25) is 5.02 Å². The number of benzene rings is 2. The van der Waals surface area contributed by atoms with Crippen LogP contribution in [0.4, 0.5) is 16.0 Å². The summed E-state index contributed by atoms with van der Waals surface area (Å²) in [7, 11) is 5.21. The van der Waals surface area contributed by atoms with Crippen LogP contribution in [0, 0.1) is 17.1 Å². The van der Waals surface area contributed by atoms with Crippen LogP contribution < -0.4 is 14.5 Å². The van der Waals surface area contributed by atoms with E-state index in [4.69, 9.17) is 16.3 Å². The summed E-state index contributed by atoms with van der Waals surface area (Å²) in [5.74, 6) is -0.195. The summed E-state index contributed by atoms with van der Waals surface area (Å²) >= 11 is 6.13. The number of nitrogens with zero attached hydrogens (tertiary/aromatic N) is 6. The minimum atomic E-state index is -0.683. The quantitative estimate of drug-likeness (QED) is 0.295. The average molecular weight is 545 g/mol. The number of hydrogen-bond acceptors (Lipinski definition) is 6. The number of ether oxygens (including phenoxy) is 1. The van der Waals surface area contributed by atoms with E-state index in [-0.39, 0.29) is 22.7 Å². The molecule has 1 aliphatic rings. The molecule has 0 saturated carbocycles. The predicted molar refractivity (Wildman–Crippen MR) is 148 cm³/mol. The van der Waals surface area contributed by atoms with Crippen molar-refractivity contribution < 1.29 is 13.9 Å². The number of halogens is 2. The molecule has 0 N–H and O–H groups in total. The zero-order valence-electron chi connectivity index (χ0n) is 22.1. The number of anilines is 2. The van der Waals surface area contributed by atoms with Crippen LogP contribution in [0.5, 0.6) is 5.88 Å². The van der Waals surface area contributed by atoms with Crippen molar-refractivity contribution in [2.24, 2.45) is 0 Å². The lowest BCUT2D eigenvalue weighted by Crippen LogP contribution is -2.30. The molecule has 5 rings (SSSR count). The molecule has 1 unspecified atom stereocenters. The van der Waals surface area contributed by atoms with Gasteiger partial charge in [0.2, 0.25) is 11.8 Å². The maximum atomic E-state index is 15.4. The highest BCUT2D eigenvalue weighted by Gasteiger charge is 2.44. The molecule has 4 aromatic rings. The molecule has 2 aromatic heterocycles. The van der Waals surface area contributed by atoms with Crippen LogP contribution in [-0.4, -0.2) is 41.6 Å². The van der Waals surface area contributed by atoms with E-state index in [0.717, 1.165) is 5.56 Å². The predicted octanol–water partition coefficient (Wildman–Crippen LogP) is 6.01. The van der Waals surface area contributed by atoms with E-state index in [1.165, 1.54) is 18.1 Å². The SMILES string of the molecule is COc1nc(N(C)C)ncc1-c1cc2c(n1C(C)C)C(c1ccc(C#N)cc1)N(c1cccc(Cl)c1F)C2=O. The number of amides is 1. The molecule has 1 aliphatic heterocycles. The Labute approximate surface area is 230 Å². The number of rotatable bonds is 6. The van der Waals surface area contributed by atoms with Gasteiger partial charge in [0, 0.05) is 26.3 Å². The zero-order valence-corrected chi connectivity index (χ0v) is 22.9. The van der Waals surface area contributed by atoms with Gasteiger partial charge in [0.05, 0.1) is 52.0 Å². The van der Waals surface area contributed by atoms with Gasteiger partial charge < -0.3 is 14.2 Å². The van der Waals surface area contributed by atoms with Crippen molar-refractivity contribution >= 4 is 29.1 Å². The molecule has 1 amide bonds. The van der Waals surface area contributed by atoms with Gasteiger partial charge in [-0.3, -0.25) is 9.69 Å². The largest absolute Gasteiger partial charge is 0.480 e. The second-order valence-electron chi connectivity index (χ2n) is 9.66. The molecule has 3 heterocycles. The number of nitriles is 1. The second-order valence-corrected chi connectivity index (χ2v) is 10.1. The number of aromatic nitrogens is 3. The molecular formula is C29H26ClFN6O2. The van der Waals surface area contributed by atoms with Crippen LogP contribution in [0.25, 0.3) is 11.3 Å². The van der Waals surface area contributed by atoms with E-state index in [1.807, 2.05) is 32.5 Å². The molecule has 2 aromatic carbocycles. The molecule has 1 atom stereocenters. The van der Waals surface area contributed by atoms with E-state index in [0.29, 0.717) is 39.9 Å². The van der Waals surface area contributed by atoms with Crippen molar-refractivity contribution in [1.29, 1.82) is 5.26 Å². The molecule has 0 spiro atoms. The topological polar surface area (TPSA) is 87.3 Å². The smallest absolute Gasteiger partial charge is 0.261 e. The minimum absolute atomic E-state index is 0.0752. The van der Waals surface area contributed by atoms with Crippen molar-refractivity contribution in [1.82, 2.24) is 14.5 Å². The summed E-state index contributed by atoms with van der Waals surface area (Å²) in [6.07, 6.45) is 1.68. The van der Waals surface area contributed by atoms with Crippen molar-refractivity contribution in [3.8, 4) is 23.2 Å². The zero-order chi connectivity index (χ0) is 28.0. The van der Waals surface area contributed by atoms with Gasteiger partial charge in [-0.05, 0) is 49.7 Å². The first-order chi connectivity index (χ1) is 18.7. The first kappa shape index (κ1) is 26.2. The Kier molecular flexibility index (Phi) is 6.74. The lowest BCUT2D eigenvalue weighted by Gasteiger charge is -2.29. The summed E-state index contributed by atoms with van der Waals surface area (Å²) in [5.41, 5.74) is 3.71. The minimum Gasteiger partial charge on any atom is -0.480 e. The van der Waals surface area contributed by atoms with E-state index < -0.39 is 11.9 Å². The number of methoxy groups -OCH3 is 1. The van der Waals surface area contributed by atoms with Gasteiger partial charge in [-0.25, -0.2) is 9.37 Å². The Balaban J connectivity index is 1.78. The summed E-state index contributed by atoms with van der Waals surface area (Å²) in [6.45, 7) is 4.02. The fourth-order valence-corrected chi connectivity index (χ4v) is 5.17. The van der Waals surface area contributed by atoms with Crippen LogP contribution >= 0.6 is 11.6 Å². The fourth-order valence-electron chi connectivity index (χ4n) is 5.00. The molecule has 0 saturated heterocycles. The van der Waals surface area contributed by atoms with E-state index in [9.17, 15) is 10.1 Å². The summed E-state index contributed by atoms with van der Waals surface area (Å²) in [5, 5.41) is 9.25. The number of carbonyl (C=O) groups excluding carboxylic acids is 1. The maximum Gasteiger partial charge on any atom is 0.261 e. The van der Waals surface area contributed by atoms with Gasteiger partial charge >= 0.3 is 0 Å². The highest BCUT2D eigenvalue weighted by atomic mass is 35.5. The van der Waals surface area contributed by atoms with Crippen LogP contribution in [0.3, 0.4) is 0 Å². The van der Waals surface area contributed by atoms with E-state index >= 15 is 4.39 Å². The second kappa shape index (κ2) is 10.0. The van der Waals surface area contributed by atoms with Crippen LogP contribution in [0.15, 0.2) is 54.7 Å². The van der Waals surface area contributed by atoms with Gasteiger partial charge in [0.15, 0.2) is 5.82 Å². The Bertz CT molecular complexity index is 1620. The van der Waals surface area contributed by atoms with Crippen molar-refractivity contribution in [3.63, 3.8) is 0 Å². The summed E-state index contributed by atoms with van der Waals surface area (Å²) < 4.78 is 23.0. The number of carbonyl (C=O) groups is 1. The normalized spacial score (nSPS) is 14.5. The Morgan fingerprint density at radius 3 is 2.49 bits per heavy atom. The maximum absolute atomic E-state index is 15.4. The van der Waals surface area contributed by atoms with Gasteiger partial charge in [-0.1, -0.05) is 29.8 Å². The molecular weight excluding hydrogens is 519 g/mol. The highest BCUT2D eigenvalue weighted by Crippen LogP contribution is 2.47. The van der Waals surface area contributed by atoms with E-state index in [1.54, 1.807) is 53.6 Å². The Hall–Kier alpha value is -4.42. The first-order valence-corrected chi connectivity index (χ1v) is 12.7. The number of fused-ring (bicyclic) bond motifs is 1. The monoisotopic (exact) mass is 544 g/mol. The highest BCUT2D eigenvalue weighted by molar-refractivity contribution is 6.31. The lowest BCUT2D eigenvalue weighted by atomic mass is 10.0. The molecule has 198 valence electrons. The fraction of sp³-hybridized carbons (Fsp3) is 0.241. The van der Waals surface area contributed by atoms with Gasteiger partial charge in [-0.2, -0.15) is 10.2 Å². The molecule has 0 bridgehead atoms.